The van der Waals surface area contributed by atoms with Crippen LogP contribution in [0.1, 0.15) is 30.9 Å². The van der Waals surface area contributed by atoms with Crippen molar-refractivity contribution in [2.45, 2.75) is 26.3 Å². The summed E-state index contributed by atoms with van der Waals surface area (Å²) >= 11 is 0. The Labute approximate surface area is 130 Å². The van der Waals surface area contributed by atoms with Crippen LogP contribution in [0.5, 0.6) is 0 Å². The van der Waals surface area contributed by atoms with Gasteiger partial charge < -0.3 is 20.4 Å². The van der Waals surface area contributed by atoms with Crippen LogP contribution in [0.25, 0.3) is 0 Å². The summed E-state index contributed by atoms with van der Waals surface area (Å²) in [6.45, 7) is 5.12. The molecule has 118 valence electrons. The fraction of sp³-hybridized carbons (Fsp3) is 0.375. The van der Waals surface area contributed by atoms with E-state index in [1.807, 2.05) is 44.2 Å². The highest BCUT2D eigenvalue weighted by Gasteiger charge is 2.11. The molecule has 0 unspecified atom stereocenters. The van der Waals surface area contributed by atoms with Crippen LogP contribution in [-0.2, 0) is 0 Å². The number of pyridine rings is 1. The minimum atomic E-state index is -0.195. The Bertz CT molecular complexity index is 583. The predicted molar refractivity (Wildman–Crippen MR) is 85.7 cm³/mol. The van der Waals surface area contributed by atoms with Crippen molar-refractivity contribution in [3.05, 3.63) is 48.0 Å². The summed E-state index contributed by atoms with van der Waals surface area (Å²) in [6.07, 6.45) is 2.56. The lowest BCUT2D eigenvalue weighted by molar-refractivity contribution is 0.236. The van der Waals surface area contributed by atoms with Crippen molar-refractivity contribution < 1.29 is 9.21 Å². The van der Waals surface area contributed by atoms with Crippen LogP contribution in [0.4, 0.5) is 10.6 Å². The highest BCUT2D eigenvalue weighted by Crippen LogP contribution is 2.15. The van der Waals surface area contributed by atoms with E-state index in [1.54, 1.807) is 6.20 Å². The number of rotatable bonds is 7. The Balaban J connectivity index is 1.59. The maximum atomic E-state index is 11.8. The number of anilines is 1. The van der Waals surface area contributed by atoms with Crippen molar-refractivity contribution in [2.24, 2.45) is 0 Å². The zero-order valence-electron chi connectivity index (χ0n) is 12.9. The van der Waals surface area contributed by atoms with E-state index in [0.29, 0.717) is 6.54 Å². The number of hydrogen-bond acceptors (Lipinski definition) is 4. The molecule has 2 aromatic heterocycles. The van der Waals surface area contributed by atoms with Crippen LogP contribution < -0.4 is 16.0 Å². The number of nitrogens with zero attached hydrogens (tertiary/aromatic N) is 1. The molecule has 2 rings (SSSR count). The first kappa shape index (κ1) is 15.9. The van der Waals surface area contributed by atoms with Crippen LogP contribution >= 0.6 is 0 Å². The standard InChI is InChI=1S/C16H22N4O2/c1-12-7-8-14(22-12)13(2)20-16(21)19-11-5-10-18-15-6-3-4-9-17-15/h3-4,6-9,13H,5,10-11H2,1-2H3,(H,17,18)(H2,19,20,21)/t13-/m0/s1. The first-order valence-electron chi connectivity index (χ1n) is 7.41. The van der Waals surface area contributed by atoms with E-state index >= 15 is 0 Å². The topological polar surface area (TPSA) is 79.2 Å². The quantitative estimate of drug-likeness (QED) is 0.687. The second kappa shape index (κ2) is 8.07. The number of urea groups is 1. The first-order valence-corrected chi connectivity index (χ1v) is 7.41. The average Bonchev–Trinajstić information content (AvgIpc) is 2.94. The van der Waals surface area contributed by atoms with Gasteiger partial charge in [-0.15, -0.1) is 0 Å². The number of nitrogens with one attached hydrogen (secondary N) is 3. The highest BCUT2D eigenvalue weighted by atomic mass is 16.3. The fourth-order valence-electron chi connectivity index (χ4n) is 1.98. The van der Waals surface area contributed by atoms with E-state index < -0.39 is 0 Å². The number of amides is 2. The van der Waals surface area contributed by atoms with E-state index in [0.717, 1.165) is 30.3 Å². The van der Waals surface area contributed by atoms with Gasteiger partial charge in [0.1, 0.15) is 17.3 Å². The Morgan fingerprint density at radius 1 is 1.27 bits per heavy atom. The number of carbonyl (C=O) groups excluding carboxylic acids is 1. The van der Waals surface area contributed by atoms with Crippen molar-refractivity contribution in [1.29, 1.82) is 0 Å². The molecular formula is C16H22N4O2. The molecule has 6 heteroatoms. The summed E-state index contributed by atoms with van der Waals surface area (Å²) in [5.41, 5.74) is 0. The lowest BCUT2D eigenvalue weighted by Gasteiger charge is -2.12. The minimum absolute atomic E-state index is 0.152. The summed E-state index contributed by atoms with van der Waals surface area (Å²) in [7, 11) is 0. The molecule has 2 heterocycles. The Morgan fingerprint density at radius 2 is 2.14 bits per heavy atom. The molecular weight excluding hydrogens is 280 g/mol. The van der Waals surface area contributed by atoms with Crippen LogP contribution in [0.15, 0.2) is 40.9 Å². The van der Waals surface area contributed by atoms with Gasteiger partial charge in [0.2, 0.25) is 0 Å². The van der Waals surface area contributed by atoms with Crippen LogP contribution in [0.2, 0.25) is 0 Å². The van der Waals surface area contributed by atoms with Gasteiger partial charge in [0.25, 0.3) is 0 Å². The smallest absolute Gasteiger partial charge is 0.315 e. The Hall–Kier alpha value is -2.50. The maximum absolute atomic E-state index is 11.8. The first-order chi connectivity index (χ1) is 10.6. The van der Waals surface area contributed by atoms with Crippen molar-refractivity contribution >= 4 is 11.8 Å². The summed E-state index contributed by atoms with van der Waals surface area (Å²) < 4.78 is 5.48. The van der Waals surface area contributed by atoms with E-state index in [2.05, 4.69) is 20.9 Å². The molecule has 2 amide bonds. The van der Waals surface area contributed by atoms with Gasteiger partial charge in [-0.2, -0.15) is 0 Å². The Morgan fingerprint density at radius 3 is 2.82 bits per heavy atom. The SMILES string of the molecule is Cc1ccc([C@H](C)NC(=O)NCCCNc2ccccn2)o1. The van der Waals surface area contributed by atoms with Crippen LogP contribution in [-0.4, -0.2) is 24.1 Å². The predicted octanol–water partition coefficient (Wildman–Crippen LogP) is 2.85. The Kier molecular flexibility index (Phi) is 5.82. The highest BCUT2D eigenvalue weighted by molar-refractivity contribution is 5.74. The van der Waals surface area contributed by atoms with Gasteiger partial charge in [0.05, 0.1) is 6.04 Å². The number of aryl methyl sites for hydroxylation is 1. The molecule has 0 radical (unpaired) electrons. The normalized spacial score (nSPS) is 11.7. The molecule has 0 saturated heterocycles. The second-order valence-corrected chi connectivity index (χ2v) is 5.07. The van der Waals surface area contributed by atoms with Crippen LogP contribution in [0.3, 0.4) is 0 Å². The minimum Gasteiger partial charge on any atom is -0.464 e. The van der Waals surface area contributed by atoms with Crippen molar-refractivity contribution in [1.82, 2.24) is 15.6 Å². The number of hydrogen-bond donors (Lipinski definition) is 3. The monoisotopic (exact) mass is 302 g/mol. The van der Waals surface area contributed by atoms with Crippen molar-refractivity contribution in [2.75, 3.05) is 18.4 Å². The molecule has 2 aromatic rings. The van der Waals surface area contributed by atoms with Gasteiger partial charge in [0, 0.05) is 19.3 Å². The molecule has 22 heavy (non-hydrogen) atoms. The van der Waals surface area contributed by atoms with E-state index in [4.69, 9.17) is 4.42 Å². The molecule has 0 aliphatic heterocycles. The van der Waals surface area contributed by atoms with Gasteiger partial charge in [-0.05, 0) is 44.5 Å². The lowest BCUT2D eigenvalue weighted by Crippen LogP contribution is -2.37. The molecule has 0 aliphatic carbocycles. The molecule has 0 spiro atoms. The molecule has 1 atom stereocenters. The number of carbonyl (C=O) groups is 1. The lowest BCUT2D eigenvalue weighted by atomic mass is 10.2. The zero-order chi connectivity index (χ0) is 15.8. The third kappa shape index (κ3) is 5.12. The summed E-state index contributed by atoms with van der Waals surface area (Å²) in [5, 5.41) is 8.86. The third-order valence-electron chi connectivity index (χ3n) is 3.15. The number of furan rings is 1. The molecule has 0 fully saturated rings. The summed E-state index contributed by atoms with van der Waals surface area (Å²) in [5.74, 6) is 2.43. The second-order valence-electron chi connectivity index (χ2n) is 5.07. The van der Waals surface area contributed by atoms with Gasteiger partial charge in [-0.3, -0.25) is 0 Å². The van der Waals surface area contributed by atoms with Gasteiger partial charge in [-0.1, -0.05) is 6.07 Å². The zero-order valence-corrected chi connectivity index (χ0v) is 12.9. The number of aromatic nitrogens is 1. The van der Waals surface area contributed by atoms with Gasteiger partial charge in [0.15, 0.2) is 0 Å². The average molecular weight is 302 g/mol. The van der Waals surface area contributed by atoms with Crippen molar-refractivity contribution in [3.63, 3.8) is 0 Å². The van der Waals surface area contributed by atoms with Crippen molar-refractivity contribution in [3.8, 4) is 0 Å². The fourth-order valence-corrected chi connectivity index (χ4v) is 1.98. The van der Waals surface area contributed by atoms with E-state index in [9.17, 15) is 4.79 Å². The molecule has 0 bridgehead atoms. The summed E-state index contributed by atoms with van der Waals surface area (Å²) in [6, 6.07) is 9.12. The maximum Gasteiger partial charge on any atom is 0.315 e. The van der Waals surface area contributed by atoms with Gasteiger partial charge >= 0.3 is 6.03 Å². The van der Waals surface area contributed by atoms with E-state index in [-0.39, 0.29) is 12.1 Å². The molecule has 0 aliphatic rings. The molecule has 6 nitrogen and oxygen atoms in total. The summed E-state index contributed by atoms with van der Waals surface area (Å²) in [4.78, 5) is 15.9. The molecule has 0 saturated carbocycles. The molecule has 0 aromatic carbocycles. The van der Waals surface area contributed by atoms with Gasteiger partial charge in [-0.25, -0.2) is 9.78 Å². The molecule has 3 N–H and O–H groups in total. The van der Waals surface area contributed by atoms with Crippen LogP contribution in [0, 0.1) is 6.92 Å². The largest absolute Gasteiger partial charge is 0.464 e. The third-order valence-corrected chi connectivity index (χ3v) is 3.15. The van der Waals surface area contributed by atoms with E-state index in [1.165, 1.54) is 0 Å².